The Balaban J connectivity index is 2.37. The van der Waals surface area contributed by atoms with Gasteiger partial charge in [-0.05, 0) is 31.9 Å². The van der Waals surface area contributed by atoms with Crippen molar-refractivity contribution in [3.63, 3.8) is 0 Å². The molecule has 0 fully saturated rings. The van der Waals surface area contributed by atoms with Gasteiger partial charge in [-0.1, -0.05) is 19.9 Å². The summed E-state index contributed by atoms with van der Waals surface area (Å²) in [5, 5.41) is 0. The van der Waals surface area contributed by atoms with Gasteiger partial charge in [0.1, 0.15) is 11.6 Å². The van der Waals surface area contributed by atoms with E-state index in [1.165, 1.54) is 0 Å². The second kappa shape index (κ2) is 5.49. The maximum absolute atomic E-state index is 5.94. The summed E-state index contributed by atoms with van der Waals surface area (Å²) in [5.74, 6) is 2.35. The number of hydrogen-bond donors (Lipinski definition) is 1. The van der Waals surface area contributed by atoms with E-state index in [4.69, 9.17) is 10.5 Å². The highest BCUT2D eigenvalue weighted by molar-refractivity contribution is 5.54. The minimum absolute atomic E-state index is 0.265. The van der Waals surface area contributed by atoms with E-state index >= 15 is 0 Å². The fourth-order valence-corrected chi connectivity index (χ4v) is 1.94. The van der Waals surface area contributed by atoms with E-state index in [2.05, 4.69) is 23.8 Å². The van der Waals surface area contributed by atoms with Crippen LogP contribution in [0.25, 0.3) is 0 Å². The summed E-state index contributed by atoms with van der Waals surface area (Å²) in [6.45, 7) is 10.1. The Hall–Kier alpha value is -2.10. The van der Waals surface area contributed by atoms with E-state index in [1.807, 2.05) is 39.0 Å². The molecular formula is C16H21N3O. The maximum Gasteiger partial charge on any atom is 0.222 e. The fraction of sp³-hybridized carbons (Fsp3) is 0.375. The van der Waals surface area contributed by atoms with Crippen molar-refractivity contribution in [1.29, 1.82) is 0 Å². The molecule has 4 nitrogen and oxygen atoms in total. The summed E-state index contributed by atoms with van der Waals surface area (Å²) in [4.78, 5) is 8.86. The van der Waals surface area contributed by atoms with Gasteiger partial charge in [-0.2, -0.15) is 4.98 Å². The van der Waals surface area contributed by atoms with Crippen LogP contribution in [-0.4, -0.2) is 9.97 Å². The van der Waals surface area contributed by atoms with Crippen molar-refractivity contribution < 1.29 is 4.74 Å². The third-order valence-corrected chi connectivity index (χ3v) is 3.14. The van der Waals surface area contributed by atoms with Gasteiger partial charge in [0.05, 0.1) is 0 Å². The molecule has 2 N–H and O–H groups in total. The Labute approximate surface area is 120 Å². The number of nitrogens with zero attached hydrogens (tertiary/aromatic N) is 2. The molecule has 106 valence electrons. The lowest BCUT2D eigenvalue weighted by atomic mass is 10.1. The van der Waals surface area contributed by atoms with Crippen LogP contribution in [0.3, 0.4) is 0 Å². The second-order valence-electron chi connectivity index (χ2n) is 5.44. The molecule has 1 aromatic heterocycles. The summed E-state index contributed by atoms with van der Waals surface area (Å²) >= 11 is 0. The van der Waals surface area contributed by atoms with Gasteiger partial charge in [0.25, 0.3) is 0 Å². The molecule has 0 aliphatic rings. The quantitative estimate of drug-likeness (QED) is 0.860. The molecule has 0 amide bonds. The van der Waals surface area contributed by atoms with Crippen LogP contribution in [0, 0.1) is 20.8 Å². The zero-order chi connectivity index (χ0) is 14.9. The number of nitrogens with two attached hydrogens (primary N) is 1. The number of rotatable bonds is 3. The zero-order valence-corrected chi connectivity index (χ0v) is 12.7. The van der Waals surface area contributed by atoms with Crippen molar-refractivity contribution in [1.82, 2.24) is 9.97 Å². The summed E-state index contributed by atoms with van der Waals surface area (Å²) < 4.78 is 5.89. The first-order valence-electron chi connectivity index (χ1n) is 6.77. The number of aryl methyl sites for hydroxylation is 3. The molecule has 0 atom stereocenters. The van der Waals surface area contributed by atoms with Crippen molar-refractivity contribution >= 4 is 5.69 Å². The summed E-state index contributed by atoms with van der Waals surface area (Å²) in [7, 11) is 0. The van der Waals surface area contributed by atoms with Crippen LogP contribution >= 0.6 is 0 Å². The van der Waals surface area contributed by atoms with Gasteiger partial charge >= 0.3 is 0 Å². The van der Waals surface area contributed by atoms with Crippen molar-refractivity contribution in [3.8, 4) is 11.6 Å². The van der Waals surface area contributed by atoms with E-state index < -0.39 is 0 Å². The SMILES string of the molecule is Cc1cc(Oc2cc(N)c(C)cc2C)nc(C(C)C)n1. The first kappa shape index (κ1) is 14.3. The van der Waals surface area contributed by atoms with Crippen LogP contribution in [0.5, 0.6) is 11.6 Å². The molecule has 0 spiro atoms. The molecule has 0 radical (unpaired) electrons. The molecule has 0 saturated carbocycles. The molecule has 1 heterocycles. The lowest BCUT2D eigenvalue weighted by Gasteiger charge is -2.12. The van der Waals surface area contributed by atoms with E-state index in [-0.39, 0.29) is 5.92 Å². The Bertz CT molecular complexity index is 636. The molecule has 4 heteroatoms. The van der Waals surface area contributed by atoms with Crippen LogP contribution in [0.4, 0.5) is 5.69 Å². The summed E-state index contributed by atoms with van der Waals surface area (Å²) in [6, 6.07) is 5.70. The standard InChI is InChI=1S/C16H21N3O/c1-9(2)16-18-12(5)7-15(19-16)20-14-8-13(17)10(3)6-11(14)4/h6-9H,17H2,1-5H3. The lowest BCUT2D eigenvalue weighted by molar-refractivity contribution is 0.453. The minimum atomic E-state index is 0.265. The third-order valence-electron chi connectivity index (χ3n) is 3.14. The smallest absolute Gasteiger partial charge is 0.222 e. The molecule has 1 aromatic carbocycles. The predicted octanol–water partition coefficient (Wildman–Crippen LogP) is 3.90. The second-order valence-corrected chi connectivity index (χ2v) is 5.44. The molecule has 2 aromatic rings. The van der Waals surface area contributed by atoms with Gasteiger partial charge in [0.2, 0.25) is 5.88 Å². The molecule has 0 aliphatic heterocycles. The van der Waals surface area contributed by atoms with Gasteiger partial charge in [-0.25, -0.2) is 4.98 Å². The number of aromatic nitrogens is 2. The average molecular weight is 271 g/mol. The summed E-state index contributed by atoms with van der Waals surface area (Å²) in [5.41, 5.74) is 9.65. The number of ether oxygens (including phenoxy) is 1. The number of hydrogen-bond acceptors (Lipinski definition) is 4. The Morgan fingerprint density at radius 2 is 1.70 bits per heavy atom. The Kier molecular flexibility index (Phi) is 3.93. The Morgan fingerprint density at radius 3 is 2.35 bits per heavy atom. The molecule has 0 unspecified atom stereocenters. The van der Waals surface area contributed by atoms with E-state index in [0.717, 1.165) is 34.1 Å². The van der Waals surface area contributed by atoms with Crippen LogP contribution in [0.2, 0.25) is 0 Å². The van der Waals surface area contributed by atoms with Gasteiger partial charge in [-0.3, -0.25) is 0 Å². The number of benzene rings is 1. The van der Waals surface area contributed by atoms with Gasteiger partial charge in [-0.15, -0.1) is 0 Å². The zero-order valence-electron chi connectivity index (χ0n) is 12.7. The van der Waals surface area contributed by atoms with Crippen molar-refractivity contribution in [2.24, 2.45) is 0 Å². The molecule has 0 aliphatic carbocycles. The number of anilines is 1. The molecule has 0 saturated heterocycles. The van der Waals surface area contributed by atoms with E-state index in [0.29, 0.717) is 5.88 Å². The first-order chi connectivity index (χ1) is 9.36. The monoisotopic (exact) mass is 271 g/mol. The predicted molar refractivity (Wildman–Crippen MR) is 81.3 cm³/mol. The molecule has 20 heavy (non-hydrogen) atoms. The first-order valence-corrected chi connectivity index (χ1v) is 6.77. The molecule has 2 rings (SSSR count). The van der Waals surface area contributed by atoms with Gasteiger partial charge in [0, 0.05) is 29.4 Å². The normalized spacial score (nSPS) is 10.9. The largest absolute Gasteiger partial charge is 0.439 e. The lowest BCUT2D eigenvalue weighted by Crippen LogP contribution is -2.02. The molecular weight excluding hydrogens is 250 g/mol. The van der Waals surface area contributed by atoms with Crippen LogP contribution in [0.1, 0.15) is 42.4 Å². The highest BCUT2D eigenvalue weighted by Gasteiger charge is 2.10. The van der Waals surface area contributed by atoms with E-state index in [1.54, 1.807) is 0 Å². The third kappa shape index (κ3) is 3.07. The highest BCUT2D eigenvalue weighted by Crippen LogP contribution is 2.29. The summed E-state index contributed by atoms with van der Waals surface area (Å²) in [6.07, 6.45) is 0. The molecule has 0 bridgehead atoms. The van der Waals surface area contributed by atoms with Crippen molar-refractivity contribution in [2.75, 3.05) is 5.73 Å². The van der Waals surface area contributed by atoms with Crippen LogP contribution in [0.15, 0.2) is 18.2 Å². The minimum Gasteiger partial charge on any atom is -0.439 e. The highest BCUT2D eigenvalue weighted by atomic mass is 16.5. The maximum atomic E-state index is 5.94. The van der Waals surface area contributed by atoms with Crippen molar-refractivity contribution in [3.05, 3.63) is 40.8 Å². The van der Waals surface area contributed by atoms with Crippen LogP contribution < -0.4 is 10.5 Å². The van der Waals surface area contributed by atoms with Crippen molar-refractivity contribution in [2.45, 2.75) is 40.5 Å². The topological polar surface area (TPSA) is 61.0 Å². The van der Waals surface area contributed by atoms with Gasteiger partial charge in [0.15, 0.2) is 0 Å². The average Bonchev–Trinajstić information content (AvgIpc) is 2.35. The van der Waals surface area contributed by atoms with E-state index in [9.17, 15) is 0 Å². The van der Waals surface area contributed by atoms with Gasteiger partial charge < -0.3 is 10.5 Å². The Morgan fingerprint density at radius 1 is 1.00 bits per heavy atom. The number of nitrogen functional groups attached to an aromatic ring is 1. The fourth-order valence-electron chi connectivity index (χ4n) is 1.94. The van der Waals surface area contributed by atoms with Crippen LogP contribution in [-0.2, 0) is 0 Å².